The van der Waals surface area contributed by atoms with Crippen LogP contribution in [0.4, 0.5) is 11.4 Å². The second kappa shape index (κ2) is 6.97. The molecule has 25 heavy (non-hydrogen) atoms. The zero-order valence-electron chi connectivity index (χ0n) is 14.7. The van der Waals surface area contributed by atoms with Crippen LogP contribution < -0.4 is 15.0 Å². The van der Waals surface area contributed by atoms with E-state index in [1.807, 2.05) is 44.2 Å². The summed E-state index contributed by atoms with van der Waals surface area (Å²) in [6.07, 6.45) is 0.217. The monoisotopic (exact) mass is 338 g/mol. The summed E-state index contributed by atoms with van der Waals surface area (Å²) in [4.78, 5) is 26.9. The van der Waals surface area contributed by atoms with Crippen molar-refractivity contribution < 1.29 is 14.3 Å². The fourth-order valence-corrected chi connectivity index (χ4v) is 3.31. The Balaban J connectivity index is 1.77. The van der Waals surface area contributed by atoms with Gasteiger partial charge in [0.1, 0.15) is 5.75 Å². The van der Waals surface area contributed by atoms with Crippen LogP contribution in [0.1, 0.15) is 17.5 Å². The molecule has 130 valence electrons. The summed E-state index contributed by atoms with van der Waals surface area (Å²) < 4.78 is 5.26. The number of rotatable bonds is 4. The normalized spacial score (nSPS) is 16.8. The number of hydrogen-bond donors (Lipinski definition) is 1. The summed E-state index contributed by atoms with van der Waals surface area (Å²) >= 11 is 0. The first kappa shape index (κ1) is 17.0. The minimum absolute atomic E-state index is 0.0161. The van der Waals surface area contributed by atoms with Gasteiger partial charge in [-0.25, -0.2) is 0 Å². The fraction of sp³-hybridized carbons (Fsp3) is 0.300. The van der Waals surface area contributed by atoms with Crippen molar-refractivity contribution >= 4 is 23.2 Å². The zero-order chi connectivity index (χ0) is 18.0. The molecule has 2 aromatic rings. The summed E-state index contributed by atoms with van der Waals surface area (Å²) in [5.74, 6) is 0.0485. The SMILES string of the molecule is COc1ccccc1NC(=O)C1CC(=O)N(c2c(C)cccc2C)C1. The molecule has 1 unspecified atom stereocenters. The van der Waals surface area contributed by atoms with Crippen molar-refractivity contribution in [3.05, 3.63) is 53.6 Å². The molecular formula is C20H22N2O3. The third kappa shape index (κ3) is 3.36. The molecule has 1 saturated heterocycles. The van der Waals surface area contributed by atoms with E-state index < -0.39 is 0 Å². The Morgan fingerprint density at radius 2 is 1.80 bits per heavy atom. The maximum atomic E-state index is 12.6. The summed E-state index contributed by atoms with van der Waals surface area (Å²) in [7, 11) is 1.56. The van der Waals surface area contributed by atoms with Crippen LogP contribution in [0, 0.1) is 19.8 Å². The highest BCUT2D eigenvalue weighted by molar-refractivity contribution is 6.04. The molecule has 1 aliphatic heterocycles. The molecule has 1 N–H and O–H groups in total. The third-order valence-corrected chi connectivity index (χ3v) is 4.57. The molecule has 0 spiro atoms. The van der Waals surface area contributed by atoms with Crippen LogP contribution in [0.15, 0.2) is 42.5 Å². The second-order valence-electron chi connectivity index (χ2n) is 6.34. The van der Waals surface area contributed by atoms with Crippen molar-refractivity contribution in [2.45, 2.75) is 20.3 Å². The number of aryl methyl sites for hydroxylation is 2. The van der Waals surface area contributed by atoms with Crippen molar-refractivity contribution in [3.8, 4) is 5.75 Å². The number of carbonyl (C=O) groups is 2. The largest absolute Gasteiger partial charge is 0.495 e. The predicted octanol–water partition coefficient (Wildman–Crippen LogP) is 3.30. The number of benzene rings is 2. The van der Waals surface area contributed by atoms with Gasteiger partial charge in [0.25, 0.3) is 0 Å². The molecule has 2 amide bonds. The number of nitrogens with one attached hydrogen (secondary N) is 1. The summed E-state index contributed by atoms with van der Waals surface area (Å²) in [6, 6.07) is 13.2. The van der Waals surface area contributed by atoms with Gasteiger partial charge >= 0.3 is 0 Å². The molecule has 3 rings (SSSR count). The number of para-hydroxylation sites is 3. The van der Waals surface area contributed by atoms with Crippen LogP contribution in [-0.2, 0) is 9.59 Å². The summed E-state index contributed by atoms with van der Waals surface area (Å²) in [5.41, 5.74) is 3.62. The highest BCUT2D eigenvalue weighted by atomic mass is 16.5. The number of ether oxygens (including phenoxy) is 1. The quantitative estimate of drug-likeness (QED) is 0.930. The highest BCUT2D eigenvalue weighted by Gasteiger charge is 2.36. The molecule has 1 atom stereocenters. The molecule has 1 heterocycles. The van der Waals surface area contributed by atoms with Crippen molar-refractivity contribution in [2.75, 3.05) is 23.9 Å². The standard InChI is InChI=1S/C20H22N2O3/c1-13-7-6-8-14(2)19(13)22-12-15(11-18(22)23)20(24)21-16-9-4-5-10-17(16)25-3/h4-10,15H,11-12H2,1-3H3,(H,21,24). The Bertz CT molecular complexity index is 796. The molecule has 1 fully saturated rings. The van der Waals surface area contributed by atoms with Crippen LogP contribution >= 0.6 is 0 Å². The topological polar surface area (TPSA) is 58.6 Å². The van der Waals surface area contributed by atoms with Gasteiger partial charge in [-0.1, -0.05) is 30.3 Å². The van der Waals surface area contributed by atoms with Crippen LogP contribution in [0.5, 0.6) is 5.75 Å². The predicted molar refractivity (Wildman–Crippen MR) is 98.0 cm³/mol. The van der Waals surface area contributed by atoms with E-state index in [-0.39, 0.29) is 24.2 Å². The Kier molecular flexibility index (Phi) is 4.74. The lowest BCUT2D eigenvalue weighted by molar-refractivity contribution is -0.122. The minimum atomic E-state index is -0.378. The molecule has 1 aliphatic rings. The maximum absolute atomic E-state index is 12.6. The van der Waals surface area contributed by atoms with E-state index in [1.165, 1.54) is 0 Å². The number of anilines is 2. The first-order valence-corrected chi connectivity index (χ1v) is 8.31. The Labute approximate surface area is 147 Å². The Morgan fingerprint density at radius 1 is 1.12 bits per heavy atom. The van der Waals surface area contributed by atoms with E-state index in [0.717, 1.165) is 16.8 Å². The van der Waals surface area contributed by atoms with Crippen molar-refractivity contribution in [3.63, 3.8) is 0 Å². The van der Waals surface area contributed by atoms with Crippen LogP contribution in [-0.4, -0.2) is 25.5 Å². The van der Waals surface area contributed by atoms with Gasteiger partial charge in [-0.3, -0.25) is 9.59 Å². The van der Waals surface area contributed by atoms with Gasteiger partial charge in [0, 0.05) is 18.7 Å². The lowest BCUT2D eigenvalue weighted by Gasteiger charge is -2.21. The molecular weight excluding hydrogens is 316 g/mol. The summed E-state index contributed by atoms with van der Waals surface area (Å²) in [5, 5.41) is 2.88. The molecule has 0 bridgehead atoms. The second-order valence-corrected chi connectivity index (χ2v) is 6.34. The Morgan fingerprint density at radius 3 is 2.48 bits per heavy atom. The highest BCUT2D eigenvalue weighted by Crippen LogP contribution is 2.32. The maximum Gasteiger partial charge on any atom is 0.229 e. The van der Waals surface area contributed by atoms with E-state index >= 15 is 0 Å². The molecule has 0 aliphatic carbocycles. The van der Waals surface area contributed by atoms with Gasteiger partial charge in [-0.05, 0) is 37.1 Å². The number of hydrogen-bond acceptors (Lipinski definition) is 3. The fourth-order valence-electron chi connectivity index (χ4n) is 3.31. The van der Waals surface area contributed by atoms with Crippen molar-refractivity contribution in [2.24, 2.45) is 5.92 Å². The van der Waals surface area contributed by atoms with Gasteiger partial charge in [0.05, 0.1) is 18.7 Å². The molecule has 0 saturated carbocycles. The summed E-state index contributed by atoms with van der Waals surface area (Å²) in [6.45, 7) is 4.36. The molecule has 0 aromatic heterocycles. The number of methoxy groups -OCH3 is 1. The first-order valence-electron chi connectivity index (χ1n) is 8.31. The number of amides is 2. The molecule has 5 heteroatoms. The number of carbonyl (C=O) groups excluding carboxylic acids is 2. The van der Waals surface area contributed by atoms with Gasteiger partial charge in [0.2, 0.25) is 11.8 Å². The van der Waals surface area contributed by atoms with E-state index in [1.54, 1.807) is 24.1 Å². The van der Waals surface area contributed by atoms with E-state index in [4.69, 9.17) is 4.74 Å². The van der Waals surface area contributed by atoms with Crippen molar-refractivity contribution in [1.82, 2.24) is 0 Å². The average Bonchev–Trinajstić information content (AvgIpc) is 2.97. The van der Waals surface area contributed by atoms with Crippen LogP contribution in [0.2, 0.25) is 0 Å². The van der Waals surface area contributed by atoms with E-state index in [0.29, 0.717) is 18.0 Å². The van der Waals surface area contributed by atoms with Gasteiger partial charge < -0.3 is 15.0 Å². The van der Waals surface area contributed by atoms with E-state index in [2.05, 4.69) is 5.32 Å². The molecule has 2 aromatic carbocycles. The lowest BCUT2D eigenvalue weighted by atomic mass is 10.1. The van der Waals surface area contributed by atoms with Crippen LogP contribution in [0.3, 0.4) is 0 Å². The molecule has 5 nitrogen and oxygen atoms in total. The Hall–Kier alpha value is -2.82. The average molecular weight is 338 g/mol. The van der Waals surface area contributed by atoms with E-state index in [9.17, 15) is 9.59 Å². The third-order valence-electron chi connectivity index (χ3n) is 4.57. The first-order chi connectivity index (χ1) is 12.0. The smallest absolute Gasteiger partial charge is 0.229 e. The molecule has 0 radical (unpaired) electrons. The number of nitrogens with zero attached hydrogens (tertiary/aromatic N) is 1. The van der Waals surface area contributed by atoms with Gasteiger partial charge in [-0.2, -0.15) is 0 Å². The minimum Gasteiger partial charge on any atom is -0.495 e. The lowest BCUT2D eigenvalue weighted by Crippen LogP contribution is -2.29. The van der Waals surface area contributed by atoms with Gasteiger partial charge in [0.15, 0.2) is 0 Å². The van der Waals surface area contributed by atoms with Crippen molar-refractivity contribution in [1.29, 1.82) is 0 Å². The van der Waals surface area contributed by atoms with Crippen LogP contribution in [0.25, 0.3) is 0 Å². The zero-order valence-corrected chi connectivity index (χ0v) is 14.7. The van der Waals surface area contributed by atoms with Gasteiger partial charge in [-0.15, -0.1) is 0 Å².